The normalized spacial score (nSPS) is 12.6. The quantitative estimate of drug-likeness (QED) is 0.374. The van der Waals surface area contributed by atoms with Crippen LogP contribution in [-0.4, -0.2) is 46.5 Å². The molecule has 0 saturated heterocycles. The van der Waals surface area contributed by atoms with E-state index in [9.17, 15) is 19.4 Å². The molecule has 6 nitrogen and oxygen atoms in total. The Balaban J connectivity index is 1.81. The molecule has 0 aliphatic rings. The van der Waals surface area contributed by atoms with E-state index < -0.39 is 18.1 Å². The van der Waals surface area contributed by atoms with Crippen LogP contribution < -0.4 is 10.1 Å². The Morgan fingerprint density at radius 2 is 2.09 bits per heavy atom. The molecule has 0 bridgehead atoms. The Morgan fingerprint density at radius 1 is 1.27 bits per heavy atom. The molecule has 1 amide bonds. The molecule has 7 heteroatoms. The Hall–Kier alpha value is -3.34. The van der Waals surface area contributed by atoms with Crippen LogP contribution in [0.1, 0.15) is 48.2 Å². The number of amides is 1. The van der Waals surface area contributed by atoms with Gasteiger partial charge in [-0.2, -0.15) is 0 Å². The number of rotatable bonds is 9. The van der Waals surface area contributed by atoms with Crippen molar-refractivity contribution in [2.24, 2.45) is 0 Å². The number of fused-ring (bicyclic) bond motifs is 1. The molecule has 33 heavy (non-hydrogen) atoms. The van der Waals surface area contributed by atoms with Crippen LogP contribution >= 0.6 is 0 Å². The van der Waals surface area contributed by atoms with Crippen molar-refractivity contribution in [2.45, 2.75) is 45.3 Å². The number of carbonyl (C=O) groups is 1. The zero-order chi connectivity index (χ0) is 23.8. The van der Waals surface area contributed by atoms with Crippen molar-refractivity contribution in [1.82, 2.24) is 10.3 Å². The Bertz CT molecular complexity index is 1160. The molecule has 0 spiro atoms. The molecule has 0 saturated carbocycles. The van der Waals surface area contributed by atoms with Gasteiger partial charge in [0, 0.05) is 29.1 Å². The number of carbonyl (C=O) groups excluding carboxylic acids is 1. The fourth-order valence-corrected chi connectivity index (χ4v) is 3.43. The van der Waals surface area contributed by atoms with E-state index in [0.29, 0.717) is 41.7 Å². The Labute approximate surface area is 192 Å². The number of aromatic amines is 1. The number of benzene rings is 2. The minimum absolute atomic E-state index is 0.285. The zero-order valence-electron chi connectivity index (χ0n) is 18.8. The largest absolute Gasteiger partial charge is 0.493 e. The maximum atomic E-state index is 13.7. The van der Waals surface area contributed by atoms with Crippen LogP contribution in [0.3, 0.4) is 0 Å². The molecule has 0 radical (unpaired) electrons. The van der Waals surface area contributed by atoms with Crippen LogP contribution in [0.15, 0.2) is 42.6 Å². The second kappa shape index (κ2) is 11.5. The predicted octanol–water partition coefficient (Wildman–Crippen LogP) is 3.55. The Morgan fingerprint density at radius 3 is 2.82 bits per heavy atom. The van der Waals surface area contributed by atoms with Crippen LogP contribution in [0.5, 0.6) is 5.75 Å². The van der Waals surface area contributed by atoms with Crippen molar-refractivity contribution in [2.75, 3.05) is 13.2 Å². The predicted molar refractivity (Wildman–Crippen MR) is 126 cm³/mol. The number of aliphatic hydroxyl groups is 2. The van der Waals surface area contributed by atoms with Gasteiger partial charge in [-0.1, -0.05) is 18.8 Å². The molecule has 0 aliphatic carbocycles. The minimum atomic E-state index is -0.580. The van der Waals surface area contributed by atoms with Crippen LogP contribution in [-0.2, 0) is 6.42 Å². The van der Waals surface area contributed by atoms with Crippen molar-refractivity contribution < 1.29 is 24.1 Å². The van der Waals surface area contributed by atoms with Crippen LogP contribution in [0, 0.1) is 17.7 Å². The third kappa shape index (κ3) is 6.58. The fourth-order valence-electron chi connectivity index (χ4n) is 3.43. The van der Waals surface area contributed by atoms with Gasteiger partial charge in [-0.3, -0.25) is 4.79 Å². The lowest BCUT2D eigenvalue weighted by molar-refractivity contribution is 0.0912. The molecule has 0 aliphatic heterocycles. The minimum Gasteiger partial charge on any atom is -0.493 e. The van der Waals surface area contributed by atoms with E-state index in [2.05, 4.69) is 22.1 Å². The van der Waals surface area contributed by atoms with E-state index in [-0.39, 0.29) is 12.4 Å². The van der Waals surface area contributed by atoms with Gasteiger partial charge in [-0.25, -0.2) is 4.39 Å². The van der Waals surface area contributed by atoms with Crippen molar-refractivity contribution in [3.8, 4) is 17.6 Å². The first-order valence-corrected chi connectivity index (χ1v) is 11.0. The molecule has 4 N–H and O–H groups in total. The molecular formula is C26H29FN2O4. The van der Waals surface area contributed by atoms with Crippen molar-refractivity contribution in [3.05, 3.63) is 65.1 Å². The van der Waals surface area contributed by atoms with Crippen molar-refractivity contribution >= 4 is 16.8 Å². The molecular weight excluding hydrogens is 423 g/mol. The van der Waals surface area contributed by atoms with E-state index in [4.69, 9.17) is 4.74 Å². The highest BCUT2D eigenvalue weighted by Crippen LogP contribution is 2.23. The topological polar surface area (TPSA) is 94.6 Å². The zero-order valence-corrected chi connectivity index (χ0v) is 18.8. The molecule has 2 aromatic carbocycles. The van der Waals surface area contributed by atoms with E-state index in [1.807, 2.05) is 6.92 Å². The van der Waals surface area contributed by atoms with E-state index >= 15 is 0 Å². The third-order valence-corrected chi connectivity index (χ3v) is 5.07. The summed E-state index contributed by atoms with van der Waals surface area (Å²) in [7, 11) is 0. The highest BCUT2D eigenvalue weighted by molar-refractivity contribution is 5.97. The van der Waals surface area contributed by atoms with E-state index in [1.165, 1.54) is 12.1 Å². The molecule has 2 atom stereocenters. The van der Waals surface area contributed by atoms with Gasteiger partial charge in [0.1, 0.15) is 11.6 Å². The van der Waals surface area contributed by atoms with Gasteiger partial charge in [0.25, 0.3) is 5.91 Å². The lowest BCUT2D eigenvalue weighted by atomic mass is 10.0. The first-order chi connectivity index (χ1) is 15.9. The standard InChI is InChI=1S/C26H29FN2O4/c1-3-11-33-25-10-7-18(6-4-5-17(2)31)12-23(25)26(32)29-21(16-30)13-19-15-28-24-9-8-20(27)14-22(19)24/h7-10,12,14-15,17,21,28,30-31H,3,5,11,13,16H2,1-2H3,(H,29,32). The number of hydrogen-bond donors (Lipinski definition) is 4. The van der Waals surface area contributed by atoms with E-state index in [1.54, 1.807) is 37.4 Å². The number of nitrogens with one attached hydrogen (secondary N) is 2. The third-order valence-electron chi connectivity index (χ3n) is 5.07. The van der Waals surface area contributed by atoms with Gasteiger partial charge in [-0.15, -0.1) is 0 Å². The average Bonchev–Trinajstić information content (AvgIpc) is 3.18. The van der Waals surface area contributed by atoms with Gasteiger partial charge in [0.2, 0.25) is 0 Å². The molecule has 0 fully saturated rings. The second-order valence-electron chi connectivity index (χ2n) is 7.98. The van der Waals surface area contributed by atoms with Gasteiger partial charge >= 0.3 is 0 Å². The van der Waals surface area contributed by atoms with Gasteiger partial charge in [-0.05, 0) is 61.7 Å². The summed E-state index contributed by atoms with van der Waals surface area (Å²) >= 11 is 0. The summed E-state index contributed by atoms with van der Waals surface area (Å²) in [5.74, 6) is 5.52. The maximum Gasteiger partial charge on any atom is 0.255 e. The highest BCUT2D eigenvalue weighted by atomic mass is 19.1. The van der Waals surface area contributed by atoms with E-state index in [0.717, 1.165) is 17.5 Å². The Kier molecular flexibility index (Phi) is 8.47. The van der Waals surface area contributed by atoms with Gasteiger partial charge in [0.15, 0.2) is 0 Å². The number of halogens is 1. The van der Waals surface area contributed by atoms with Crippen molar-refractivity contribution in [1.29, 1.82) is 0 Å². The average molecular weight is 453 g/mol. The SMILES string of the molecule is CCCOc1ccc(C#CCC(C)O)cc1C(=O)NC(CO)Cc1c[nH]c2ccc(F)cc12. The number of H-pyrrole nitrogens is 1. The molecule has 1 heterocycles. The monoisotopic (exact) mass is 452 g/mol. The van der Waals surface area contributed by atoms with Crippen LogP contribution in [0.4, 0.5) is 4.39 Å². The summed E-state index contributed by atoms with van der Waals surface area (Å²) < 4.78 is 19.4. The van der Waals surface area contributed by atoms with Crippen LogP contribution in [0.25, 0.3) is 10.9 Å². The lowest BCUT2D eigenvalue weighted by Crippen LogP contribution is -2.39. The molecule has 2 unspecified atom stereocenters. The van der Waals surface area contributed by atoms with Gasteiger partial charge < -0.3 is 25.3 Å². The maximum absolute atomic E-state index is 13.7. The molecule has 3 aromatic rings. The summed E-state index contributed by atoms with van der Waals surface area (Å²) in [5.41, 5.74) is 2.52. The summed E-state index contributed by atoms with van der Waals surface area (Å²) in [6.07, 6.45) is 2.66. The summed E-state index contributed by atoms with van der Waals surface area (Å²) in [6.45, 7) is 3.80. The number of aliphatic hydroxyl groups excluding tert-OH is 2. The molecule has 3 rings (SSSR count). The fraction of sp³-hybridized carbons (Fsp3) is 0.346. The summed E-state index contributed by atoms with van der Waals surface area (Å²) in [4.78, 5) is 16.2. The van der Waals surface area contributed by atoms with Crippen LogP contribution in [0.2, 0.25) is 0 Å². The first-order valence-electron chi connectivity index (χ1n) is 11.0. The number of hydrogen-bond acceptors (Lipinski definition) is 4. The summed E-state index contributed by atoms with van der Waals surface area (Å²) in [6, 6.07) is 9.00. The second-order valence-corrected chi connectivity index (χ2v) is 7.98. The number of ether oxygens (including phenoxy) is 1. The van der Waals surface area contributed by atoms with Gasteiger partial charge in [0.05, 0.1) is 30.9 Å². The highest BCUT2D eigenvalue weighted by Gasteiger charge is 2.19. The lowest BCUT2D eigenvalue weighted by Gasteiger charge is -2.18. The number of aromatic nitrogens is 1. The molecule has 174 valence electrons. The molecule has 1 aromatic heterocycles. The summed E-state index contributed by atoms with van der Waals surface area (Å²) in [5, 5.41) is 22.9. The first kappa shape index (κ1) is 24.3. The van der Waals surface area contributed by atoms with Crippen molar-refractivity contribution in [3.63, 3.8) is 0 Å². The smallest absolute Gasteiger partial charge is 0.255 e.